The van der Waals surface area contributed by atoms with Crippen LogP contribution in [0.3, 0.4) is 0 Å². The number of carbonyl (C=O) groups excluding carboxylic acids is 1. The molecule has 2 aromatic rings. The average molecular weight is 544 g/mol. The van der Waals surface area contributed by atoms with Crippen molar-refractivity contribution in [1.82, 2.24) is 9.88 Å². The van der Waals surface area contributed by atoms with Gasteiger partial charge in [0.2, 0.25) is 5.91 Å². The van der Waals surface area contributed by atoms with Crippen LogP contribution < -0.4 is 5.32 Å². The largest absolute Gasteiger partial charge is 0.391 e. The fourth-order valence-electron chi connectivity index (χ4n) is 5.30. The van der Waals surface area contributed by atoms with Crippen LogP contribution in [0, 0.1) is 11.8 Å². The summed E-state index contributed by atoms with van der Waals surface area (Å²) in [7, 11) is -3.29. The van der Waals surface area contributed by atoms with Gasteiger partial charge in [-0.3, -0.25) is 9.69 Å². The molecule has 1 aliphatic carbocycles. The molecule has 0 bridgehead atoms. The Hall–Kier alpha value is -1.98. The lowest BCUT2D eigenvalue weighted by atomic mass is 9.84. The van der Waals surface area contributed by atoms with Crippen molar-refractivity contribution < 1.29 is 26.4 Å². The molecule has 1 atom stereocenters. The first-order chi connectivity index (χ1) is 16.9. The number of thiazole rings is 1. The highest BCUT2D eigenvalue weighted by Gasteiger charge is 2.45. The van der Waals surface area contributed by atoms with Gasteiger partial charge in [-0.15, -0.1) is 11.3 Å². The molecule has 11 heteroatoms. The Bertz CT molecular complexity index is 1190. The van der Waals surface area contributed by atoms with Crippen molar-refractivity contribution in [2.45, 2.75) is 82.6 Å². The highest BCUT2D eigenvalue weighted by Crippen LogP contribution is 2.47. The minimum atomic E-state index is -4.12. The number of benzene rings is 1. The van der Waals surface area contributed by atoms with E-state index in [9.17, 15) is 26.4 Å². The van der Waals surface area contributed by atoms with Gasteiger partial charge in [-0.1, -0.05) is 32.9 Å². The first-order valence-electron chi connectivity index (χ1n) is 12.3. The fourth-order valence-corrected chi connectivity index (χ4v) is 7.21. The van der Waals surface area contributed by atoms with Crippen LogP contribution in [0.15, 0.2) is 29.2 Å². The summed E-state index contributed by atoms with van der Waals surface area (Å²) in [6.45, 7) is 6.41. The zero-order valence-corrected chi connectivity index (χ0v) is 22.3. The number of hydrogen-bond acceptors (Lipinski definition) is 6. The van der Waals surface area contributed by atoms with E-state index in [2.05, 4.69) is 24.1 Å². The van der Waals surface area contributed by atoms with E-state index < -0.39 is 21.9 Å². The maximum absolute atomic E-state index is 13.1. The van der Waals surface area contributed by atoms with Gasteiger partial charge >= 0.3 is 6.18 Å². The quantitative estimate of drug-likeness (QED) is 0.481. The Morgan fingerprint density at radius 2 is 1.81 bits per heavy atom. The number of nitrogens with one attached hydrogen (secondary N) is 1. The molecule has 1 aromatic heterocycles. The third-order valence-electron chi connectivity index (χ3n) is 7.22. The summed E-state index contributed by atoms with van der Waals surface area (Å²) in [5, 5.41) is 3.37. The third kappa shape index (κ3) is 5.78. The zero-order valence-electron chi connectivity index (χ0n) is 20.6. The molecule has 1 fully saturated rings. The predicted octanol–water partition coefficient (Wildman–Crippen LogP) is 5.75. The van der Waals surface area contributed by atoms with Crippen molar-refractivity contribution in [2.75, 3.05) is 11.1 Å². The molecule has 0 unspecified atom stereocenters. The molecule has 1 amide bonds. The number of amides is 1. The average Bonchev–Trinajstić information content (AvgIpc) is 3.36. The number of hydrogen-bond donors (Lipinski definition) is 1. The van der Waals surface area contributed by atoms with E-state index in [1.165, 1.54) is 23.5 Å². The second-order valence-electron chi connectivity index (χ2n) is 10.0. The summed E-state index contributed by atoms with van der Waals surface area (Å²) in [5.74, 6) is -1.19. The maximum Gasteiger partial charge on any atom is 0.391 e. The topological polar surface area (TPSA) is 79.4 Å². The molecule has 1 aromatic carbocycles. The molecule has 2 aliphatic rings. The maximum atomic E-state index is 13.1. The number of sulfone groups is 1. The van der Waals surface area contributed by atoms with Gasteiger partial charge in [-0.25, -0.2) is 13.4 Å². The molecular formula is C25H32F3N3O3S2. The van der Waals surface area contributed by atoms with Crippen molar-refractivity contribution in [3.63, 3.8) is 0 Å². The van der Waals surface area contributed by atoms with Crippen LogP contribution in [0.2, 0.25) is 0 Å². The van der Waals surface area contributed by atoms with E-state index in [-0.39, 0.29) is 53.8 Å². The van der Waals surface area contributed by atoms with E-state index in [1.807, 2.05) is 0 Å². The molecule has 198 valence electrons. The number of nitrogens with zero attached hydrogens (tertiary/aromatic N) is 2. The highest BCUT2D eigenvalue weighted by molar-refractivity contribution is 7.91. The van der Waals surface area contributed by atoms with Crippen molar-refractivity contribution in [1.29, 1.82) is 0 Å². The monoisotopic (exact) mass is 543 g/mol. The van der Waals surface area contributed by atoms with Gasteiger partial charge in [0.15, 0.2) is 15.0 Å². The molecule has 1 N–H and O–H groups in total. The Labute approximate surface area is 214 Å². The number of alkyl halides is 3. The Morgan fingerprint density at radius 3 is 2.36 bits per heavy atom. The van der Waals surface area contributed by atoms with Gasteiger partial charge in [0.1, 0.15) is 0 Å². The van der Waals surface area contributed by atoms with Gasteiger partial charge in [0.05, 0.1) is 34.7 Å². The third-order valence-corrected chi connectivity index (χ3v) is 9.95. The Morgan fingerprint density at radius 1 is 1.17 bits per heavy atom. The zero-order chi connectivity index (χ0) is 26.3. The van der Waals surface area contributed by atoms with Crippen molar-refractivity contribution in [3.05, 3.63) is 40.4 Å². The number of halogens is 3. The Kier molecular flexibility index (Phi) is 7.83. The lowest BCUT2D eigenvalue weighted by Crippen LogP contribution is -2.40. The minimum absolute atomic E-state index is 0.0161. The van der Waals surface area contributed by atoms with Crippen LogP contribution in [0.5, 0.6) is 0 Å². The summed E-state index contributed by atoms with van der Waals surface area (Å²) in [6, 6.07) is 6.44. The smallest absolute Gasteiger partial charge is 0.302 e. The normalized spacial score (nSPS) is 23.1. The number of aromatic nitrogens is 1. The van der Waals surface area contributed by atoms with Crippen molar-refractivity contribution in [2.24, 2.45) is 11.8 Å². The first kappa shape index (κ1) is 27.1. The first-order valence-corrected chi connectivity index (χ1v) is 14.8. The van der Waals surface area contributed by atoms with E-state index in [0.29, 0.717) is 30.1 Å². The van der Waals surface area contributed by atoms with Crippen molar-refractivity contribution in [3.8, 4) is 0 Å². The highest BCUT2D eigenvalue weighted by atomic mass is 32.2. The molecule has 1 saturated carbocycles. The van der Waals surface area contributed by atoms with Gasteiger partial charge in [-0.05, 0) is 49.3 Å². The van der Waals surface area contributed by atoms with Crippen LogP contribution in [0.1, 0.15) is 68.6 Å². The fraction of sp³-hybridized carbons (Fsp3) is 0.600. The Balaban J connectivity index is 1.39. The molecule has 36 heavy (non-hydrogen) atoms. The van der Waals surface area contributed by atoms with Crippen LogP contribution >= 0.6 is 11.3 Å². The van der Waals surface area contributed by atoms with Crippen LogP contribution in [0.4, 0.5) is 18.3 Å². The minimum Gasteiger partial charge on any atom is -0.302 e. The lowest BCUT2D eigenvalue weighted by Gasteiger charge is -2.39. The lowest BCUT2D eigenvalue weighted by molar-refractivity contribution is -0.185. The van der Waals surface area contributed by atoms with Gasteiger partial charge < -0.3 is 5.32 Å². The van der Waals surface area contributed by atoms with E-state index in [1.54, 1.807) is 19.1 Å². The van der Waals surface area contributed by atoms with E-state index in [0.717, 1.165) is 10.6 Å². The second kappa shape index (κ2) is 10.4. The summed E-state index contributed by atoms with van der Waals surface area (Å²) >= 11 is 1.42. The van der Waals surface area contributed by atoms with Gasteiger partial charge in [-0.2, -0.15) is 13.2 Å². The SMILES string of the molecule is CCS(=O)(=O)c1ccc(CC(=O)Nc2nc3c(s2)CN(C2CCC(C(F)(F)F)CC2)[C@H]3C(C)C)cc1. The van der Waals surface area contributed by atoms with E-state index in [4.69, 9.17) is 4.98 Å². The molecule has 1 aliphatic heterocycles. The van der Waals surface area contributed by atoms with Crippen molar-refractivity contribution >= 4 is 32.2 Å². The number of rotatable bonds is 7. The van der Waals surface area contributed by atoms with Crippen LogP contribution in [0.25, 0.3) is 0 Å². The standard InChI is InChI=1S/C25H32F3N3O3S2/c1-4-36(33,34)19-11-5-16(6-12-19)13-21(32)29-24-30-22-20(35-24)14-31(23(22)15(2)3)18-9-7-17(8-10-18)25(26,27)28/h5-6,11-12,15,17-18,23H,4,7-10,13-14H2,1-3H3,(H,29,30,32)/t17?,18?,23-/m0/s1. The summed E-state index contributed by atoms with van der Waals surface area (Å²) in [4.78, 5) is 20.9. The van der Waals surface area contributed by atoms with Crippen LogP contribution in [-0.2, 0) is 27.6 Å². The molecule has 0 saturated heterocycles. The second-order valence-corrected chi connectivity index (χ2v) is 13.4. The van der Waals surface area contributed by atoms with E-state index >= 15 is 0 Å². The molecular weight excluding hydrogens is 511 g/mol. The van der Waals surface area contributed by atoms with Crippen LogP contribution in [-0.4, -0.2) is 42.2 Å². The van der Waals surface area contributed by atoms with Gasteiger partial charge in [0.25, 0.3) is 0 Å². The summed E-state index contributed by atoms with van der Waals surface area (Å²) in [6.07, 6.45) is -2.62. The molecule has 0 spiro atoms. The van der Waals surface area contributed by atoms with Gasteiger partial charge in [0, 0.05) is 17.5 Å². The number of anilines is 1. The molecule has 6 nitrogen and oxygen atoms in total. The number of carbonyl (C=O) groups is 1. The summed E-state index contributed by atoms with van der Waals surface area (Å²) < 4.78 is 63.2. The molecule has 2 heterocycles. The molecule has 0 radical (unpaired) electrons. The molecule has 4 rings (SSSR count). The summed E-state index contributed by atoms with van der Waals surface area (Å²) in [5.41, 5.74) is 1.62. The predicted molar refractivity (Wildman–Crippen MR) is 134 cm³/mol. The number of fused-ring (bicyclic) bond motifs is 1.